The number of carbonyl (C=O) groups excluding carboxylic acids is 1. The molecular weight excluding hydrogens is 164 g/mol. The van der Waals surface area contributed by atoms with Gasteiger partial charge in [0, 0.05) is 13.5 Å². The van der Waals surface area contributed by atoms with Crippen molar-refractivity contribution in [1.29, 1.82) is 0 Å². The summed E-state index contributed by atoms with van der Waals surface area (Å²) < 4.78 is 5.17. The van der Waals surface area contributed by atoms with E-state index >= 15 is 0 Å². The van der Waals surface area contributed by atoms with Crippen LogP contribution in [0.4, 0.5) is 0 Å². The van der Waals surface area contributed by atoms with Crippen LogP contribution in [0.1, 0.15) is 40.5 Å². The van der Waals surface area contributed by atoms with Gasteiger partial charge in [0.1, 0.15) is 6.10 Å². The van der Waals surface area contributed by atoms with Gasteiger partial charge in [-0.25, -0.2) is 0 Å². The van der Waals surface area contributed by atoms with Crippen LogP contribution >= 0.6 is 0 Å². The maximum absolute atomic E-state index is 11.7. The summed E-state index contributed by atoms with van der Waals surface area (Å²) in [6.07, 6.45) is 1.49. The lowest BCUT2D eigenvalue weighted by atomic mass is 9.94. The molecule has 13 heavy (non-hydrogen) atoms. The van der Waals surface area contributed by atoms with Gasteiger partial charge in [0.25, 0.3) is 0 Å². The molecule has 0 radical (unpaired) electrons. The SMILES string of the molecule is CCC(C)CC(=O)C(OC)C(C)C. The van der Waals surface area contributed by atoms with E-state index in [1.165, 1.54) is 0 Å². The highest BCUT2D eigenvalue weighted by Gasteiger charge is 2.22. The second-order valence-electron chi connectivity index (χ2n) is 4.08. The lowest BCUT2D eigenvalue weighted by molar-refractivity contribution is -0.132. The highest BCUT2D eigenvalue weighted by molar-refractivity contribution is 5.83. The van der Waals surface area contributed by atoms with E-state index in [0.29, 0.717) is 12.3 Å². The van der Waals surface area contributed by atoms with E-state index < -0.39 is 0 Å². The minimum Gasteiger partial charge on any atom is -0.373 e. The smallest absolute Gasteiger partial charge is 0.162 e. The topological polar surface area (TPSA) is 26.3 Å². The van der Waals surface area contributed by atoms with E-state index in [-0.39, 0.29) is 17.8 Å². The van der Waals surface area contributed by atoms with Crippen LogP contribution in [0, 0.1) is 11.8 Å². The van der Waals surface area contributed by atoms with Crippen LogP contribution in [0.25, 0.3) is 0 Å². The minimum absolute atomic E-state index is 0.214. The number of hydrogen-bond donors (Lipinski definition) is 0. The maximum Gasteiger partial charge on any atom is 0.162 e. The first-order valence-corrected chi connectivity index (χ1v) is 5.08. The Morgan fingerprint density at radius 1 is 1.31 bits per heavy atom. The second-order valence-corrected chi connectivity index (χ2v) is 4.08. The lowest BCUT2D eigenvalue weighted by Gasteiger charge is -2.19. The molecule has 0 aromatic rings. The molecule has 0 bridgehead atoms. The third kappa shape index (κ3) is 4.41. The fraction of sp³-hybridized carbons (Fsp3) is 0.909. The quantitative estimate of drug-likeness (QED) is 0.637. The standard InChI is InChI=1S/C11H22O2/c1-6-9(4)7-10(12)11(13-5)8(2)3/h8-9,11H,6-7H2,1-5H3. The largest absolute Gasteiger partial charge is 0.373 e. The third-order valence-corrected chi connectivity index (χ3v) is 2.42. The first kappa shape index (κ1) is 12.6. The predicted molar refractivity (Wildman–Crippen MR) is 54.7 cm³/mol. The van der Waals surface area contributed by atoms with Crippen molar-refractivity contribution >= 4 is 5.78 Å². The highest BCUT2D eigenvalue weighted by Crippen LogP contribution is 2.14. The van der Waals surface area contributed by atoms with Crippen molar-refractivity contribution < 1.29 is 9.53 Å². The summed E-state index contributed by atoms with van der Waals surface area (Å²) in [5, 5.41) is 0. The number of methoxy groups -OCH3 is 1. The van der Waals surface area contributed by atoms with Crippen LogP contribution in [-0.2, 0) is 9.53 Å². The molecule has 2 atom stereocenters. The van der Waals surface area contributed by atoms with E-state index in [0.717, 1.165) is 6.42 Å². The molecule has 0 N–H and O–H groups in total. The maximum atomic E-state index is 11.7. The van der Waals surface area contributed by atoms with Gasteiger partial charge >= 0.3 is 0 Å². The molecule has 0 aromatic carbocycles. The van der Waals surface area contributed by atoms with Crippen molar-refractivity contribution in [3.8, 4) is 0 Å². The average molecular weight is 186 g/mol. The summed E-state index contributed by atoms with van der Waals surface area (Å²) in [4.78, 5) is 11.7. The van der Waals surface area contributed by atoms with Crippen LogP contribution in [0.2, 0.25) is 0 Å². The van der Waals surface area contributed by atoms with Crippen LogP contribution in [0.3, 0.4) is 0 Å². The van der Waals surface area contributed by atoms with Gasteiger partial charge < -0.3 is 4.74 Å². The van der Waals surface area contributed by atoms with Gasteiger partial charge in [0.2, 0.25) is 0 Å². The van der Waals surface area contributed by atoms with Gasteiger partial charge in [0.15, 0.2) is 5.78 Å². The van der Waals surface area contributed by atoms with Crippen molar-refractivity contribution in [3.05, 3.63) is 0 Å². The summed E-state index contributed by atoms with van der Waals surface area (Å²) in [5.41, 5.74) is 0. The molecule has 0 amide bonds. The van der Waals surface area contributed by atoms with E-state index in [1.54, 1.807) is 7.11 Å². The molecule has 0 saturated heterocycles. The number of ketones is 1. The van der Waals surface area contributed by atoms with Crippen LogP contribution in [0.15, 0.2) is 0 Å². The van der Waals surface area contributed by atoms with Gasteiger partial charge in [-0.05, 0) is 11.8 Å². The van der Waals surface area contributed by atoms with Crippen LogP contribution in [0.5, 0.6) is 0 Å². The Hall–Kier alpha value is -0.370. The summed E-state index contributed by atoms with van der Waals surface area (Å²) >= 11 is 0. The van der Waals surface area contributed by atoms with Crippen molar-refractivity contribution in [3.63, 3.8) is 0 Å². The Kier molecular flexibility index (Phi) is 5.97. The third-order valence-electron chi connectivity index (χ3n) is 2.42. The predicted octanol–water partition coefficient (Wildman–Crippen LogP) is 2.66. The number of carbonyl (C=O) groups is 1. The summed E-state index contributed by atoms with van der Waals surface area (Å²) in [7, 11) is 1.61. The molecule has 0 rings (SSSR count). The Labute approximate surface area is 81.7 Å². The normalized spacial score (nSPS) is 15.8. The van der Waals surface area contributed by atoms with Crippen molar-refractivity contribution in [2.45, 2.75) is 46.6 Å². The Morgan fingerprint density at radius 2 is 1.85 bits per heavy atom. The zero-order valence-electron chi connectivity index (χ0n) is 9.46. The summed E-state index contributed by atoms with van der Waals surface area (Å²) in [5.74, 6) is 0.998. The van der Waals surface area contributed by atoms with E-state index in [1.807, 2.05) is 13.8 Å². The van der Waals surface area contributed by atoms with Gasteiger partial charge in [0.05, 0.1) is 0 Å². The molecule has 2 unspecified atom stereocenters. The molecule has 78 valence electrons. The first-order valence-electron chi connectivity index (χ1n) is 5.08. The molecule has 0 spiro atoms. The van der Waals surface area contributed by atoms with E-state index in [2.05, 4.69) is 13.8 Å². The molecule has 0 aliphatic heterocycles. The van der Waals surface area contributed by atoms with Crippen molar-refractivity contribution in [1.82, 2.24) is 0 Å². The molecule has 0 saturated carbocycles. The molecule has 0 heterocycles. The molecular formula is C11H22O2. The molecule has 0 aliphatic carbocycles. The average Bonchev–Trinajstić information content (AvgIpc) is 2.04. The molecule has 0 aromatic heterocycles. The molecule has 0 aliphatic rings. The Morgan fingerprint density at radius 3 is 2.15 bits per heavy atom. The fourth-order valence-corrected chi connectivity index (χ4v) is 1.38. The minimum atomic E-state index is -0.214. The first-order chi connectivity index (χ1) is 6.02. The van der Waals surface area contributed by atoms with E-state index in [4.69, 9.17) is 4.74 Å². The number of ether oxygens (including phenoxy) is 1. The number of rotatable bonds is 6. The van der Waals surface area contributed by atoms with Gasteiger partial charge in [-0.15, -0.1) is 0 Å². The summed E-state index contributed by atoms with van der Waals surface area (Å²) in [6.45, 7) is 8.24. The fourth-order valence-electron chi connectivity index (χ4n) is 1.38. The van der Waals surface area contributed by atoms with E-state index in [9.17, 15) is 4.79 Å². The van der Waals surface area contributed by atoms with Crippen LogP contribution < -0.4 is 0 Å². The molecule has 2 nitrogen and oxygen atoms in total. The van der Waals surface area contributed by atoms with Gasteiger partial charge in [-0.3, -0.25) is 4.79 Å². The monoisotopic (exact) mass is 186 g/mol. The number of Topliss-reactive ketones (excluding diaryl/α,β-unsaturated/α-hetero) is 1. The van der Waals surface area contributed by atoms with Gasteiger partial charge in [-0.2, -0.15) is 0 Å². The second kappa shape index (κ2) is 6.14. The zero-order valence-corrected chi connectivity index (χ0v) is 9.46. The van der Waals surface area contributed by atoms with Crippen LogP contribution in [-0.4, -0.2) is 19.0 Å². The zero-order chi connectivity index (χ0) is 10.4. The van der Waals surface area contributed by atoms with Gasteiger partial charge in [-0.1, -0.05) is 34.1 Å². The highest BCUT2D eigenvalue weighted by atomic mass is 16.5. The molecule has 0 fully saturated rings. The van der Waals surface area contributed by atoms with Crippen molar-refractivity contribution in [2.75, 3.05) is 7.11 Å². The van der Waals surface area contributed by atoms with Crippen molar-refractivity contribution in [2.24, 2.45) is 11.8 Å². The number of hydrogen-bond acceptors (Lipinski definition) is 2. The lowest BCUT2D eigenvalue weighted by Crippen LogP contribution is -2.29. The molecule has 2 heteroatoms. The Bertz CT molecular complexity index is 152. The Balaban J connectivity index is 4.06. The summed E-state index contributed by atoms with van der Waals surface area (Å²) in [6, 6.07) is 0.